The first kappa shape index (κ1) is 11.3. The van der Waals surface area contributed by atoms with Crippen molar-refractivity contribution in [3.63, 3.8) is 0 Å². The van der Waals surface area contributed by atoms with Gasteiger partial charge in [-0.1, -0.05) is 0 Å². The van der Waals surface area contributed by atoms with Crippen LogP contribution < -0.4 is 14.8 Å². The Bertz CT molecular complexity index is 476. The topological polar surface area (TPSA) is 67.8 Å². The van der Waals surface area contributed by atoms with Gasteiger partial charge in [0.2, 0.25) is 6.79 Å². The van der Waals surface area contributed by atoms with Crippen molar-refractivity contribution in [1.82, 2.24) is 5.32 Å². The van der Waals surface area contributed by atoms with Crippen LogP contribution in [0.25, 0.3) is 0 Å². The van der Waals surface area contributed by atoms with Crippen LogP contribution in [0.15, 0.2) is 18.2 Å². The molecule has 1 aliphatic carbocycles. The summed E-state index contributed by atoms with van der Waals surface area (Å²) in [7, 11) is 0. The smallest absolute Gasteiger partial charge is 0.251 e. The minimum atomic E-state index is -0.423. The standard InChI is InChI=1S/C13H15NO4/c15-7-13(4-1-5-13)14-12(16)9-2-3-10-11(6-9)18-8-17-10/h2-3,6,15H,1,4-5,7-8H2,(H,14,16). The zero-order valence-corrected chi connectivity index (χ0v) is 9.94. The molecule has 2 aliphatic rings. The zero-order chi connectivity index (χ0) is 12.6. The molecule has 1 amide bonds. The lowest BCUT2D eigenvalue weighted by Crippen LogP contribution is -2.56. The maximum atomic E-state index is 12.1. The maximum absolute atomic E-state index is 12.1. The summed E-state index contributed by atoms with van der Waals surface area (Å²) in [5.74, 6) is 1.07. The fourth-order valence-corrected chi connectivity index (χ4v) is 2.28. The number of ether oxygens (including phenoxy) is 2. The van der Waals surface area contributed by atoms with Crippen LogP contribution in [-0.2, 0) is 0 Å². The van der Waals surface area contributed by atoms with E-state index in [9.17, 15) is 9.90 Å². The highest BCUT2D eigenvalue weighted by atomic mass is 16.7. The van der Waals surface area contributed by atoms with Crippen molar-refractivity contribution in [2.75, 3.05) is 13.4 Å². The normalized spacial score (nSPS) is 19.2. The molecule has 0 bridgehead atoms. The van der Waals surface area contributed by atoms with Crippen molar-refractivity contribution in [2.24, 2.45) is 0 Å². The highest BCUT2D eigenvalue weighted by Crippen LogP contribution is 2.34. The predicted molar refractivity (Wildman–Crippen MR) is 63.7 cm³/mol. The van der Waals surface area contributed by atoms with Crippen LogP contribution >= 0.6 is 0 Å². The summed E-state index contributed by atoms with van der Waals surface area (Å²) >= 11 is 0. The quantitative estimate of drug-likeness (QED) is 0.840. The molecule has 0 unspecified atom stereocenters. The first-order valence-electron chi connectivity index (χ1n) is 6.05. The van der Waals surface area contributed by atoms with Gasteiger partial charge in [0.25, 0.3) is 5.91 Å². The minimum Gasteiger partial charge on any atom is -0.454 e. The van der Waals surface area contributed by atoms with Crippen LogP contribution in [0, 0.1) is 0 Å². The molecule has 1 aliphatic heterocycles. The van der Waals surface area contributed by atoms with E-state index in [4.69, 9.17) is 9.47 Å². The van der Waals surface area contributed by atoms with Crippen LogP contribution in [0.4, 0.5) is 0 Å². The van der Waals surface area contributed by atoms with E-state index in [2.05, 4.69) is 5.32 Å². The van der Waals surface area contributed by atoms with Gasteiger partial charge >= 0.3 is 0 Å². The van der Waals surface area contributed by atoms with Gasteiger partial charge in [0.15, 0.2) is 11.5 Å². The highest BCUT2D eigenvalue weighted by molar-refractivity contribution is 5.95. The largest absolute Gasteiger partial charge is 0.454 e. The van der Waals surface area contributed by atoms with Crippen LogP contribution in [0.1, 0.15) is 29.6 Å². The van der Waals surface area contributed by atoms with Gasteiger partial charge in [0.05, 0.1) is 12.1 Å². The minimum absolute atomic E-state index is 0.0106. The number of carbonyl (C=O) groups is 1. The molecule has 0 spiro atoms. The van der Waals surface area contributed by atoms with Crippen molar-refractivity contribution >= 4 is 5.91 Å². The summed E-state index contributed by atoms with van der Waals surface area (Å²) in [4.78, 5) is 12.1. The van der Waals surface area contributed by atoms with E-state index >= 15 is 0 Å². The van der Waals surface area contributed by atoms with E-state index in [1.165, 1.54) is 0 Å². The molecule has 3 rings (SSSR count). The Morgan fingerprint density at radius 2 is 2.11 bits per heavy atom. The van der Waals surface area contributed by atoms with E-state index in [1.807, 2.05) is 0 Å². The number of nitrogens with one attached hydrogen (secondary N) is 1. The number of aliphatic hydroxyl groups excluding tert-OH is 1. The number of amides is 1. The molecule has 1 saturated carbocycles. The SMILES string of the molecule is O=C(NC1(CO)CCC1)c1ccc2c(c1)OCO2. The molecule has 1 aromatic carbocycles. The molecular weight excluding hydrogens is 234 g/mol. The van der Waals surface area contributed by atoms with E-state index in [1.54, 1.807) is 18.2 Å². The summed E-state index contributed by atoms with van der Waals surface area (Å²) in [5, 5.41) is 12.2. The first-order chi connectivity index (χ1) is 8.72. The van der Waals surface area contributed by atoms with Gasteiger partial charge < -0.3 is 19.9 Å². The lowest BCUT2D eigenvalue weighted by atomic mass is 9.77. The molecule has 2 N–H and O–H groups in total. The van der Waals surface area contributed by atoms with E-state index in [0.29, 0.717) is 17.1 Å². The molecule has 1 fully saturated rings. The second kappa shape index (κ2) is 4.17. The van der Waals surface area contributed by atoms with Gasteiger partial charge in [-0.3, -0.25) is 4.79 Å². The number of carbonyl (C=O) groups excluding carboxylic acids is 1. The second-order valence-corrected chi connectivity index (χ2v) is 4.81. The third kappa shape index (κ3) is 1.80. The summed E-state index contributed by atoms with van der Waals surface area (Å²) < 4.78 is 10.4. The summed E-state index contributed by atoms with van der Waals surface area (Å²) in [6, 6.07) is 5.09. The van der Waals surface area contributed by atoms with Crippen molar-refractivity contribution in [3.8, 4) is 11.5 Å². The number of hydrogen-bond donors (Lipinski definition) is 2. The molecule has 18 heavy (non-hydrogen) atoms. The third-order valence-electron chi connectivity index (χ3n) is 3.63. The molecule has 1 heterocycles. The Labute approximate surface area is 105 Å². The second-order valence-electron chi connectivity index (χ2n) is 4.81. The third-order valence-corrected chi connectivity index (χ3v) is 3.63. The highest BCUT2D eigenvalue weighted by Gasteiger charge is 2.38. The fourth-order valence-electron chi connectivity index (χ4n) is 2.28. The number of hydrogen-bond acceptors (Lipinski definition) is 4. The van der Waals surface area contributed by atoms with E-state index < -0.39 is 5.54 Å². The molecule has 0 atom stereocenters. The molecule has 0 radical (unpaired) electrons. The van der Waals surface area contributed by atoms with Gasteiger partial charge in [-0.15, -0.1) is 0 Å². The van der Waals surface area contributed by atoms with Crippen molar-refractivity contribution in [3.05, 3.63) is 23.8 Å². The van der Waals surface area contributed by atoms with E-state index in [-0.39, 0.29) is 19.3 Å². The maximum Gasteiger partial charge on any atom is 0.251 e. The summed E-state index contributed by atoms with van der Waals surface area (Å²) in [5.41, 5.74) is 0.104. The Morgan fingerprint density at radius 1 is 1.33 bits per heavy atom. The van der Waals surface area contributed by atoms with Crippen LogP contribution in [0.2, 0.25) is 0 Å². The van der Waals surface area contributed by atoms with Gasteiger partial charge in [0, 0.05) is 5.56 Å². The van der Waals surface area contributed by atoms with Crippen LogP contribution in [0.3, 0.4) is 0 Å². The number of benzene rings is 1. The van der Waals surface area contributed by atoms with Gasteiger partial charge in [-0.2, -0.15) is 0 Å². The summed E-state index contributed by atoms with van der Waals surface area (Å²) in [6.07, 6.45) is 2.71. The molecule has 1 aromatic rings. The Morgan fingerprint density at radius 3 is 2.78 bits per heavy atom. The number of fused-ring (bicyclic) bond motifs is 1. The van der Waals surface area contributed by atoms with Gasteiger partial charge in [0.1, 0.15) is 0 Å². The summed E-state index contributed by atoms with van der Waals surface area (Å²) in [6.45, 7) is 0.185. The Balaban J connectivity index is 1.76. The monoisotopic (exact) mass is 249 g/mol. The van der Waals surface area contributed by atoms with E-state index in [0.717, 1.165) is 19.3 Å². The predicted octanol–water partition coefficient (Wildman–Crippen LogP) is 1.06. The average molecular weight is 249 g/mol. The van der Waals surface area contributed by atoms with Crippen LogP contribution in [0.5, 0.6) is 11.5 Å². The first-order valence-corrected chi connectivity index (χ1v) is 6.05. The van der Waals surface area contributed by atoms with Crippen molar-refractivity contribution < 1.29 is 19.4 Å². The average Bonchev–Trinajstić information content (AvgIpc) is 2.80. The molecular formula is C13H15NO4. The zero-order valence-electron chi connectivity index (χ0n) is 9.94. The number of rotatable bonds is 3. The Hall–Kier alpha value is -1.75. The van der Waals surface area contributed by atoms with Gasteiger partial charge in [-0.05, 0) is 37.5 Å². The van der Waals surface area contributed by atoms with Crippen molar-refractivity contribution in [1.29, 1.82) is 0 Å². The molecule has 0 aromatic heterocycles. The Kier molecular flexibility index (Phi) is 2.63. The molecule has 96 valence electrons. The number of aliphatic hydroxyl groups is 1. The lowest BCUT2D eigenvalue weighted by Gasteiger charge is -2.40. The molecule has 0 saturated heterocycles. The van der Waals surface area contributed by atoms with Gasteiger partial charge in [-0.25, -0.2) is 0 Å². The molecule has 5 heteroatoms. The fraction of sp³-hybridized carbons (Fsp3) is 0.462. The lowest BCUT2D eigenvalue weighted by molar-refractivity contribution is 0.0641. The van der Waals surface area contributed by atoms with Crippen LogP contribution in [-0.4, -0.2) is 30.0 Å². The molecule has 5 nitrogen and oxygen atoms in total. The van der Waals surface area contributed by atoms with Crippen molar-refractivity contribution in [2.45, 2.75) is 24.8 Å².